The molecule has 5 nitrogen and oxygen atoms in total. The highest BCUT2D eigenvalue weighted by atomic mass is 32.1. The van der Waals surface area contributed by atoms with Crippen LogP contribution in [0.25, 0.3) is 6.08 Å². The van der Waals surface area contributed by atoms with Crippen LogP contribution in [0.15, 0.2) is 41.8 Å². The summed E-state index contributed by atoms with van der Waals surface area (Å²) in [6.45, 7) is 3.52. The van der Waals surface area contributed by atoms with E-state index in [0.29, 0.717) is 13.2 Å². The van der Waals surface area contributed by atoms with E-state index in [1.54, 1.807) is 24.3 Å². The lowest BCUT2D eigenvalue weighted by Crippen LogP contribution is -2.38. The molecule has 0 aliphatic carbocycles. The Bertz CT molecular complexity index is 780. The maximum atomic E-state index is 12.4. The maximum Gasteiger partial charge on any atom is 0.330 e. The minimum Gasteiger partial charge on any atom is -0.463 e. The van der Waals surface area contributed by atoms with Gasteiger partial charge in [-0.05, 0) is 54.1 Å². The van der Waals surface area contributed by atoms with Crippen LogP contribution in [0.4, 0.5) is 10.5 Å². The van der Waals surface area contributed by atoms with Crippen LogP contribution in [0.1, 0.15) is 22.9 Å². The van der Waals surface area contributed by atoms with E-state index >= 15 is 0 Å². The number of anilines is 1. The predicted octanol–water partition coefficient (Wildman–Crippen LogP) is 3.91. The molecule has 2 amide bonds. The number of esters is 1. The Morgan fingerprint density at radius 1 is 1.28 bits per heavy atom. The van der Waals surface area contributed by atoms with Gasteiger partial charge in [0.15, 0.2) is 0 Å². The number of thiophene rings is 1. The van der Waals surface area contributed by atoms with Gasteiger partial charge in [-0.3, -0.25) is 0 Å². The van der Waals surface area contributed by atoms with Crippen molar-refractivity contribution in [2.75, 3.05) is 18.5 Å². The molecule has 0 unspecified atom stereocenters. The van der Waals surface area contributed by atoms with Gasteiger partial charge in [0, 0.05) is 29.7 Å². The Kier molecular flexibility index (Phi) is 5.50. The molecule has 0 fully saturated rings. The first-order valence-electron chi connectivity index (χ1n) is 8.22. The molecule has 6 heteroatoms. The molecule has 0 spiro atoms. The number of benzene rings is 1. The average molecular weight is 356 g/mol. The van der Waals surface area contributed by atoms with Crippen LogP contribution in [0.3, 0.4) is 0 Å². The number of fused-ring (bicyclic) bond motifs is 1. The van der Waals surface area contributed by atoms with Gasteiger partial charge < -0.3 is 15.0 Å². The van der Waals surface area contributed by atoms with Gasteiger partial charge in [-0.2, -0.15) is 0 Å². The zero-order chi connectivity index (χ0) is 17.6. The molecule has 1 aromatic carbocycles. The third-order valence-corrected chi connectivity index (χ3v) is 4.98. The molecular weight excluding hydrogens is 336 g/mol. The van der Waals surface area contributed by atoms with Gasteiger partial charge in [-0.25, -0.2) is 9.59 Å². The van der Waals surface area contributed by atoms with Gasteiger partial charge in [0.25, 0.3) is 0 Å². The first-order chi connectivity index (χ1) is 12.2. The second kappa shape index (κ2) is 7.98. The van der Waals surface area contributed by atoms with Crippen molar-refractivity contribution in [3.8, 4) is 0 Å². The summed E-state index contributed by atoms with van der Waals surface area (Å²) in [6, 6.07) is 9.33. The van der Waals surface area contributed by atoms with Crippen molar-refractivity contribution >= 4 is 35.1 Å². The fourth-order valence-corrected chi connectivity index (χ4v) is 3.55. The maximum absolute atomic E-state index is 12.4. The fourth-order valence-electron chi connectivity index (χ4n) is 2.66. The Morgan fingerprint density at radius 3 is 2.84 bits per heavy atom. The number of nitrogens with zero attached hydrogens (tertiary/aromatic N) is 1. The summed E-state index contributed by atoms with van der Waals surface area (Å²) in [7, 11) is 0. The van der Waals surface area contributed by atoms with E-state index in [-0.39, 0.29) is 12.0 Å². The number of ether oxygens (including phenoxy) is 1. The van der Waals surface area contributed by atoms with E-state index in [1.807, 2.05) is 29.2 Å². The number of rotatable bonds is 4. The molecule has 1 aliphatic heterocycles. The van der Waals surface area contributed by atoms with Gasteiger partial charge in [-0.1, -0.05) is 12.1 Å². The zero-order valence-corrected chi connectivity index (χ0v) is 14.8. The monoisotopic (exact) mass is 356 g/mol. The van der Waals surface area contributed by atoms with Crippen molar-refractivity contribution in [1.29, 1.82) is 0 Å². The third-order valence-electron chi connectivity index (χ3n) is 3.96. The van der Waals surface area contributed by atoms with Crippen molar-refractivity contribution in [2.24, 2.45) is 0 Å². The van der Waals surface area contributed by atoms with Gasteiger partial charge in [0.2, 0.25) is 0 Å². The number of nitrogens with one attached hydrogen (secondary N) is 1. The highest BCUT2D eigenvalue weighted by Crippen LogP contribution is 2.24. The summed E-state index contributed by atoms with van der Waals surface area (Å²) in [6.07, 6.45) is 3.99. The van der Waals surface area contributed by atoms with E-state index in [0.717, 1.165) is 24.2 Å². The summed E-state index contributed by atoms with van der Waals surface area (Å²) >= 11 is 1.76. The lowest BCUT2D eigenvalue weighted by Gasteiger charge is -2.27. The number of amides is 2. The Labute approximate surface area is 150 Å². The molecular formula is C19H20N2O3S. The SMILES string of the molecule is CCOC(=O)C=Cc1ccc(NC(=O)N2CCc3sccc3C2)cc1. The molecule has 0 atom stereocenters. The predicted molar refractivity (Wildman–Crippen MR) is 99.6 cm³/mol. The van der Waals surface area contributed by atoms with Crippen LogP contribution in [0, 0.1) is 0 Å². The van der Waals surface area contributed by atoms with Gasteiger partial charge in [0.1, 0.15) is 0 Å². The van der Waals surface area contributed by atoms with Crippen molar-refractivity contribution in [1.82, 2.24) is 4.90 Å². The minimum absolute atomic E-state index is 0.0911. The van der Waals surface area contributed by atoms with Crippen LogP contribution in [-0.2, 0) is 22.5 Å². The summed E-state index contributed by atoms with van der Waals surface area (Å²) in [5, 5.41) is 5.00. The molecule has 0 saturated carbocycles. The van der Waals surface area contributed by atoms with Crippen LogP contribution in [-0.4, -0.2) is 30.1 Å². The van der Waals surface area contributed by atoms with Crippen LogP contribution in [0.5, 0.6) is 0 Å². The summed E-state index contributed by atoms with van der Waals surface area (Å²) < 4.78 is 4.84. The van der Waals surface area contributed by atoms with Crippen molar-refractivity contribution in [2.45, 2.75) is 19.9 Å². The number of urea groups is 1. The van der Waals surface area contributed by atoms with Gasteiger partial charge in [-0.15, -0.1) is 11.3 Å². The summed E-state index contributed by atoms with van der Waals surface area (Å²) in [4.78, 5) is 26.9. The molecule has 3 rings (SSSR count). The van der Waals surface area contributed by atoms with Crippen LogP contribution in [0.2, 0.25) is 0 Å². The van der Waals surface area contributed by atoms with Crippen molar-refractivity contribution in [3.63, 3.8) is 0 Å². The van der Waals surface area contributed by atoms with Crippen molar-refractivity contribution in [3.05, 3.63) is 57.8 Å². The second-order valence-corrected chi connectivity index (χ2v) is 6.68. The first-order valence-corrected chi connectivity index (χ1v) is 9.09. The Balaban J connectivity index is 1.56. The molecule has 0 radical (unpaired) electrons. The third kappa shape index (κ3) is 4.48. The number of hydrogen-bond acceptors (Lipinski definition) is 4. The number of hydrogen-bond donors (Lipinski definition) is 1. The quantitative estimate of drug-likeness (QED) is 0.667. The zero-order valence-electron chi connectivity index (χ0n) is 14.0. The topological polar surface area (TPSA) is 58.6 Å². The Morgan fingerprint density at radius 2 is 2.08 bits per heavy atom. The number of carbonyl (C=O) groups excluding carboxylic acids is 2. The van der Waals surface area contributed by atoms with Gasteiger partial charge >= 0.3 is 12.0 Å². The van der Waals surface area contributed by atoms with Crippen LogP contribution >= 0.6 is 11.3 Å². The van der Waals surface area contributed by atoms with E-state index < -0.39 is 0 Å². The Hall–Kier alpha value is -2.60. The van der Waals surface area contributed by atoms with E-state index in [9.17, 15) is 9.59 Å². The van der Waals surface area contributed by atoms with Crippen molar-refractivity contribution < 1.29 is 14.3 Å². The first kappa shape index (κ1) is 17.2. The fraction of sp³-hybridized carbons (Fsp3) is 0.263. The number of carbonyl (C=O) groups is 2. The molecule has 2 heterocycles. The molecule has 1 aromatic heterocycles. The smallest absolute Gasteiger partial charge is 0.330 e. The molecule has 1 aliphatic rings. The lowest BCUT2D eigenvalue weighted by molar-refractivity contribution is -0.137. The second-order valence-electron chi connectivity index (χ2n) is 5.68. The summed E-state index contributed by atoms with van der Waals surface area (Å²) in [5.74, 6) is -0.363. The molecule has 2 aromatic rings. The van der Waals surface area contributed by atoms with Gasteiger partial charge in [0.05, 0.1) is 6.61 Å². The highest BCUT2D eigenvalue weighted by molar-refractivity contribution is 7.10. The van der Waals surface area contributed by atoms with Crippen LogP contribution < -0.4 is 5.32 Å². The van der Waals surface area contributed by atoms with E-state index in [4.69, 9.17) is 4.74 Å². The molecule has 0 saturated heterocycles. The molecule has 130 valence electrons. The standard InChI is InChI=1S/C19H20N2O3S/c1-2-24-18(22)8-5-14-3-6-16(7-4-14)20-19(23)21-11-9-17-15(13-21)10-12-25-17/h3-8,10,12H,2,9,11,13H2,1H3,(H,20,23). The highest BCUT2D eigenvalue weighted by Gasteiger charge is 2.21. The molecule has 0 bridgehead atoms. The largest absolute Gasteiger partial charge is 0.463 e. The van der Waals surface area contributed by atoms with E-state index in [1.165, 1.54) is 16.5 Å². The molecule has 1 N–H and O–H groups in total. The molecule has 25 heavy (non-hydrogen) atoms. The van der Waals surface area contributed by atoms with E-state index in [2.05, 4.69) is 16.8 Å². The minimum atomic E-state index is -0.363. The lowest BCUT2D eigenvalue weighted by atomic mass is 10.1. The normalized spacial score (nSPS) is 13.6. The summed E-state index contributed by atoms with van der Waals surface area (Å²) in [5.41, 5.74) is 2.84. The average Bonchev–Trinajstić information content (AvgIpc) is 3.09.